The minimum absolute atomic E-state index is 0.115. The average Bonchev–Trinajstić information content (AvgIpc) is 3.27. The quantitative estimate of drug-likeness (QED) is 0.668. The number of nitrogens with one attached hydrogen (secondary N) is 2. The highest BCUT2D eigenvalue weighted by Crippen LogP contribution is 2.40. The molecule has 3 rings (SSSR count). The van der Waals surface area contributed by atoms with Gasteiger partial charge in [-0.25, -0.2) is 4.79 Å². The summed E-state index contributed by atoms with van der Waals surface area (Å²) < 4.78 is 10.1. The molecule has 0 unspecified atom stereocenters. The second-order valence-electron chi connectivity index (χ2n) is 5.65. The molecule has 2 N–H and O–H groups in total. The fourth-order valence-electron chi connectivity index (χ4n) is 2.59. The lowest BCUT2D eigenvalue weighted by atomic mass is 9.95. The van der Waals surface area contributed by atoms with Gasteiger partial charge in [-0.1, -0.05) is 0 Å². The van der Waals surface area contributed by atoms with E-state index in [2.05, 4.69) is 10.3 Å². The van der Waals surface area contributed by atoms with E-state index in [0.29, 0.717) is 11.1 Å². The Morgan fingerprint density at radius 1 is 1.45 bits per heavy atom. The first-order chi connectivity index (χ1) is 10.4. The summed E-state index contributed by atoms with van der Waals surface area (Å²) in [6.07, 6.45) is 1.80. The SMILES string of the molecule is COC(=O)[C@@](C)(NC(=O)c1ccc2[nH]c(=S)oc2c1)C1CC1. The fraction of sp³-hybridized carbons (Fsp3) is 0.400. The van der Waals surface area contributed by atoms with Crippen molar-refractivity contribution < 1.29 is 18.7 Å². The molecule has 0 saturated heterocycles. The Hall–Kier alpha value is -2.15. The van der Waals surface area contributed by atoms with E-state index in [1.54, 1.807) is 25.1 Å². The van der Waals surface area contributed by atoms with E-state index in [0.717, 1.165) is 18.4 Å². The zero-order chi connectivity index (χ0) is 15.9. The number of hydrogen-bond donors (Lipinski definition) is 2. The molecule has 0 radical (unpaired) electrons. The summed E-state index contributed by atoms with van der Waals surface area (Å²) in [5.41, 5.74) is 0.628. The van der Waals surface area contributed by atoms with Crippen molar-refractivity contribution in [2.24, 2.45) is 5.92 Å². The van der Waals surface area contributed by atoms with Crippen LogP contribution in [0, 0.1) is 10.8 Å². The third-order valence-corrected chi connectivity index (χ3v) is 4.25. The molecule has 0 bridgehead atoms. The van der Waals surface area contributed by atoms with Gasteiger partial charge in [0.05, 0.1) is 12.6 Å². The first-order valence-electron chi connectivity index (χ1n) is 6.98. The number of oxazole rings is 1. The number of fused-ring (bicyclic) bond motifs is 1. The average molecular weight is 320 g/mol. The van der Waals surface area contributed by atoms with Gasteiger partial charge in [0.1, 0.15) is 5.54 Å². The Balaban J connectivity index is 1.88. The number of methoxy groups -OCH3 is 1. The molecule has 1 aliphatic rings. The third kappa shape index (κ3) is 2.52. The van der Waals surface area contributed by atoms with Gasteiger partial charge in [-0.15, -0.1) is 0 Å². The second-order valence-corrected chi connectivity index (χ2v) is 6.02. The molecule has 0 aliphatic heterocycles. The molecule has 116 valence electrons. The van der Waals surface area contributed by atoms with Crippen LogP contribution < -0.4 is 5.32 Å². The lowest BCUT2D eigenvalue weighted by Crippen LogP contribution is -2.54. The van der Waals surface area contributed by atoms with Gasteiger partial charge >= 0.3 is 5.97 Å². The smallest absolute Gasteiger partial charge is 0.331 e. The highest BCUT2D eigenvalue weighted by molar-refractivity contribution is 7.71. The van der Waals surface area contributed by atoms with Crippen molar-refractivity contribution >= 4 is 35.2 Å². The molecule has 1 saturated carbocycles. The van der Waals surface area contributed by atoms with E-state index in [4.69, 9.17) is 21.4 Å². The molecule has 1 aromatic heterocycles. The lowest BCUT2D eigenvalue weighted by Gasteiger charge is -2.27. The number of rotatable bonds is 4. The van der Waals surface area contributed by atoms with Gasteiger partial charge in [0.15, 0.2) is 5.58 Å². The summed E-state index contributed by atoms with van der Waals surface area (Å²) in [5, 5.41) is 2.80. The molecule has 1 fully saturated rings. The third-order valence-electron chi connectivity index (χ3n) is 4.06. The van der Waals surface area contributed by atoms with Crippen LogP contribution in [0.4, 0.5) is 0 Å². The molecule has 1 heterocycles. The number of carbonyl (C=O) groups is 2. The molecule has 1 atom stereocenters. The molecule has 0 spiro atoms. The van der Waals surface area contributed by atoms with Crippen molar-refractivity contribution in [3.63, 3.8) is 0 Å². The molecule has 7 heteroatoms. The van der Waals surface area contributed by atoms with E-state index in [-0.39, 0.29) is 16.7 Å². The number of ether oxygens (including phenoxy) is 1. The number of H-pyrrole nitrogens is 1. The summed E-state index contributed by atoms with van der Waals surface area (Å²) in [7, 11) is 1.32. The summed E-state index contributed by atoms with van der Waals surface area (Å²) in [5.74, 6) is -0.656. The number of benzene rings is 1. The Bertz CT molecular complexity index is 805. The first kappa shape index (κ1) is 14.8. The van der Waals surface area contributed by atoms with Crippen LogP contribution in [0.25, 0.3) is 11.1 Å². The molecule has 1 aliphatic carbocycles. The summed E-state index contributed by atoms with van der Waals surface area (Å²) in [6.45, 7) is 1.70. The number of aromatic amines is 1. The Morgan fingerprint density at radius 2 is 2.18 bits per heavy atom. The van der Waals surface area contributed by atoms with Gasteiger partial charge in [0.2, 0.25) is 0 Å². The van der Waals surface area contributed by atoms with Crippen LogP contribution in [0.2, 0.25) is 0 Å². The Kier molecular flexibility index (Phi) is 3.52. The predicted octanol–water partition coefficient (Wildman–Crippen LogP) is 2.56. The number of hydrogen-bond acceptors (Lipinski definition) is 5. The van der Waals surface area contributed by atoms with Gasteiger partial charge in [-0.3, -0.25) is 4.79 Å². The van der Waals surface area contributed by atoms with E-state index in [1.165, 1.54) is 7.11 Å². The number of aromatic nitrogens is 1. The van der Waals surface area contributed by atoms with Crippen LogP contribution in [-0.4, -0.2) is 29.5 Å². The second kappa shape index (κ2) is 5.24. The maximum absolute atomic E-state index is 12.5. The van der Waals surface area contributed by atoms with Gasteiger partial charge < -0.3 is 19.5 Å². The fourth-order valence-corrected chi connectivity index (χ4v) is 2.79. The number of amides is 1. The van der Waals surface area contributed by atoms with Crippen molar-refractivity contribution in [2.75, 3.05) is 7.11 Å². The zero-order valence-electron chi connectivity index (χ0n) is 12.3. The standard InChI is InChI=1S/C15H16N2O4S/c1-15(9-4-5-9,13(19)20-2)17-12(18)8-3-6-10-11(7-8)21-14(22)16-10/h3,6-7,9H,4-5H2,1-2H3,(H,16,22)(H,17,18)/t15-/m0/s1. The van der Waals surface area contributed by atoms with Crippen LogP contribution in [0.5, 0.6) is 0 Å². The van der Waals surface area contributed by atoms with Gasteiger partial charge in [0.25, 0.3) is 10.7 Å². The predicted molar refractivity (Wildman–Crippen MR) is 82.0 cm³/mol. The number of esters is 1. The van der Waals surface area contributed by atoms with Gasteiger partial charge in [-0.05, 0) is 56.1 Å². The van der Waals surface area contributed by atoms with Crippen LogP contribution >= 0.6 is 12.2 Å². The largest absolute Gasteiger partial charge is 0.467 e. The van der Waals surface area contributed by atoms with E-state index < -0.39 is 11.5 Å². The van der Waals surface area contributed by atoms with Crippen LogP contribution in [0.15, 0.2) is 22.6 Å². The highest BCUT2D eigenvalue weighted by Gasteiger charge is 2.49. The summed E-state index contributed by atoms with van der Waals surface area (Å²) in [4.78, 5) is 27.6. The maximum Gasteiger partial charge on any atom is 0.331 e. The minimum atomic E-state index is -1.00. The molecular weight excluding hydrogens is 304 g/mol. The van der Waals surface area contributed by atoms with Crippen LogP contribution in [0.1, 0.15) is 30.1 Å². The monoisotopic (exact) mass is 320 g/mol. The first-order valence-corrected chi connectivity index (χ1v) is 7.38. The van der Waals surface area contributed by atoms with Crippen molar-refractivity contribution in [2.45, 2.75) is 25.3 Å². The normalized spacial score (nSPS) is 17.0. The lowest BCUT2D eigenvalue weighted by molar-refractivity contribution is -0.148. The topological polar surface area (TPSA) is 84.3 Å². The van der Waals surface area contributed by atoms with Crippen molar-refractivity contribution in [3.8, 4) is 0 Å². The van der Waals surface area contributed by atoms with E-state index in [9.17, 15) is 9.59 Å². The molecule has 6 nitrogen and oxygen atoms in total. The van der Waals surface area contributed by atoms with Crippen LogP contribution in [-0.2, 0) is 9.53 Å². The minimum Gasteiger partial charge on any atom is -0.467 e. The summed E-state index contributed by atoms with van der Waals surface area (Å²) in [6, 6.07) is 4.97. The van der Waals surface area contributed by atoms with Crippen molar-refractivity contribution in [1.29, 1.82) is 0 Å². The Morgan fingerprint density at radius 3 is 2.82 bits per heavy atom. The molecule has 22 heavy (non-hydrogen) atoms. The van der Waals surface area contributed by atoms with Crippen molar-refractivity contribution in [1.82, 2.24) is 10.3 Å². The van der Waals surface area contributed by atoms with Gasteiger partial charge in [-0.2, -0.15) is 0 Å². The molecular formula is C15H16N2O4S. The van der Waals surface area contributed by atoms with Gasteiger partial charge in [0, 0.05) is 5.56 Å². The Labute approximate surface area is 131 Å². The zero-order valence-corrected chi connectivity index (χ0v) is 13.1. The van der Waals surface area contributed by atoms with Crippen LogP contribution in [0.3, 0.4) is 0 Å². The van der Waals surface area contributed by atoms with E-state index >= 15 is 0 Å². The van der Waals surface area contributed by atoms with E-state index in [1.807, 2.05) is 0 Å². The molecule has 1 aromatic carbocycles. The molecule has 1 amide bonds. The maximum atomic E-state index is 12.5. The highest BCUT2D eigenvalue weighted by atomic mass is 32.1. The molecule has 2 aromatic rings. The van der Waals surface area contributed by atoms with Crippen molar-refractivity contribution in [3.05, 3.63) is 28.6 Å². The number of carbonyl (C=O) groups excluding carboxylic acids is 2. The summed E-state index contributed by atoms with van der Waals surface area (Å²) >= 11 is 4.92.